The summed E-state index contributed by atoms with van der Waals surface area (Å²) in [5, 5.41) is 0. The zero-order valence-electron chi connectivity index (χ0n) is 15.2. The first-order valence-corrected chi connectivity index (χ1v) is 11.1. The molecular formula is C24H15Br2NO2. The first-order chi connectivity index (χ1) is 14.0. The first-order valence-electron chi connectivity index (χ1n) is 9.55. The van der Waals surface area contributed by atoms with Gasteiger partial charge in [-0.15, -0.1) is 0 Å². The number of carbonyl (C=O) groups is 2. The van der Waals surface area contributed by atoms with Crippen molar-refractivity contribution >= 4 is 49.4 Å². The lowest BCUT2D eigenvalue weighted by Gasteiger charge is -2.51. The van der Waals surface area contributed by atoms with Crippen LogP contribution in [0.4, 0.5) is 5.69 Å². The van der Waals surface area contributed by atoms with Gasteiger partial charge in [0.1, 0.15) is 0 Å². The molecule has 29 heavy (non-hydrogen) atoms. The lowest BCUT2D eigenvalue weighted by Crippen LogP contribution is -2.50. The average Bonchev–Trinajstić information content (AvgIpc) is 3.01. The Bertz CT molecular complexity index is 1170. The molecule has 3 nitrogen and oxygen atoms in total. The largest absolute Gasteiger partial charge is 0.274 e. The van der Waals surface area contributed by atoms with Crippen LogP contribution in [0.5, 0.6) is 0 Å². The summed E-state index contributed by atoms with van der Waals surface area (Å²) in [6, 6.07) is 23.8. The van der Waals surface area contributed by atoms with E-state index in [4.69, 9.17) is 0 Å². The molecule has 0 spiro atoms. The molecule has 1 fully saturated rings. The number of anilines is 1. The van der Waals surface area contributed by atoms with E-state index < -0.39 is 16.2 Å². The molecule has 1 saturated heterocycles. The number of carbonyl (C=O) groups excluding carboxylic acids is 2. The molecule has 4 aliphatic rings. The summed E-state index contributed by atoms with van der Waals surface area (Å²) >= 11 is 7.53. The van der Waals surface area contributed by atoms with Crippen LogP contribution >= 0.6 is 31.9 Å². The van der Waals surface area contributed by atoms with Crippen molar-refractivity contribution in [3.05, 3.63) is 99.5 Å². The van der Waals surface area contributed by atoms with Gasteiger partial charge in [-0.3, -0.25) is 9.59 Å². The lowest BCUT2D eigenvalue weighted by atomic mass is 9.55. The van der Waals surface area contributed by atoms with E-state index in [2.05, 4.69) is 56.1 Å². The van der Waals surface area contributed by atoms with Gasteiger partial charge in [0, 0.05) is 10.4 Å². The second-order valence-electron chi connectivity index (χ2n) is 7.83. The maximum atomic E-state index is 13.8. The maximum Gasteiger partial charge on any atom is 0.239 e. The van der Waals surface area contributed by atoms with Crippen LogP contribution in [0.2, 0.25) is 0 Å². The quantitative estimate of drug-likeness (QED) is 0.328. The molecule has 1 heterocycles. The molecule has 2 unspecified atom stereocenters. The van der Waals surface area contributed by atoms with Crippen LogP contribution in [0.1, 0.15) is 28.2 Å². The second kappa shape index (κ2) is 5.89. The third-order valence-electron chi connectivity index (χ3n) is 6.61. The SMILES string of the molecule is O=C1C2C3c4ccccc4C(Br)(c4ccccc43)C2C(=O)N1c1ccccc1Br. The van der Waals surface area contributed by atoms with E-state index in [1.807, 2.05) is 48.5 Å². The van der Waals surface area contributed by atoms with Crippen molar-refractivity contribution in [3.63, 3.8) is 0 Å². The van der Waals surface area contributed by atoms with Gasteiger partial charge in [-0.2, -0.15) is 0 Å². The van der Waals surface area contributed by atoms with Crippen LogP contribution in [-0.4, -0.2) is 11.8 Å². The van der Waals surface area contributed by atoms with E-state index in [1.165, 1.54) is 4.90 Å². The fourth-order valence-electron chi connectivity index (χ4n) is 5.55. The predicted molar refractivity (Wildman–Crippen MR) is 118 cm³/mol. The molecule has 0 aromatic heterocycles. The molecule has 5 heteroatoms. The van der Waals surface area contributed by atoms with Gasteiger partial charge in [0.05, 0.1) is 21.8 Å². The van der Waals surface area contributed by atoms with E-state index in [0.29, 0.717) is 5.69 Å². The van der Waals surface area contributed by atoms with Crippen molar-refractivity contribution in [3.8, 4) is 0 Å². The number of nitrogens with zero attached hydrogens (tertiary/aromatic N) is 1. The number of halogens is 2. The van der Waals surface area contributed by atoms with Crippen LogP contribution in [0.25, 0.3) is 0 Å². The summed E-state index contributed by atoms with van der Waals surface area (Å²) in [5.74, 6) is -1.27. The molecule has 3 aromatic carbocycles. The van der Waals surface area contributed by atoms with E-state index in [0.717, 1.165) is 26.7 Å². The summed E-state index contributed by atoms with van der Waals surface area (Å²) in [7, 11) is 0. The van der Waals surface area contributed by atoms with Gasteiger partial charge in [-0.1, -0.05) is 76.6 Å². The molecule has 0 radical (unpaired) electrons. The number of hydrogen-bond acceptors (Lipinski definition) is 2. The van der Waals surface area contributed by atoms with Crippen molar-refractivity contribution in [2.75, 3.05) is 4.90 Å². The van der Waals surface area contributed by atoms with Crippen LogP contribution in [0, 0.1) is 11.8 Å². The minimum absolute atomic E-state index is 0.115. The highest BCUT2D eigenvalue weighted by atomic mass is 79.9. The monoisotopic (exact) mass is 507 g/mol. The van der Waals surface area contributed by atoms with Gasteiger partial charge < -0.3 is 0 Å². The van der Waals surface area contributed by atoms with E-state index in [-0.39, 0.29) is 17.7 Å². The molecule has 1 aliphatic heterocycles. The first kappa shape index (κ1) is 17.6. The highest BCUT2D eigenvalue weighted by Gasteiger charge is 2.67. The summed E-state index contributed by atoms with van der Waals surface area (Å²) in [4.78, 5) is 28.9. The maximum absolute atomic E-state index is 13.8. The second-order valence-corrected chi connectivity index (χ2v) is 9.94. The predicted octanol–water partition coefficient (Wildman–Crippen LogP) is 5.35. The van der Waals surface area contributed by atoms with Gasteiger partial charge in [-0.05, 0) is 50.3 Å². The Morgan fingerprint density at radius 1 is 0.759 bits per heavy atom. The Labute approximate surface area is 185 Å². The fraction of sp³-hybridized carbons (Fsp3) is 0.167. The molecule has 3 aliphatic carbocycles. The van der Waals surface area contributed by atoms with Crippen LogP contribution in [0.15, 0.2) is 77.3 Å². The number of amides is 2. The fourth-order valence-corrected chi connectivity index (χ4v) is 7.21. The summed E-state index contributed by atoms with van der Waals surface area (Å²) in [5.41, 5.74) is 5.08. The zero-order chi connectivity index (χ0) is 19.9. The Hall–Kier alpha value is -2.24. The Morgan fingerprint density at radius 2 is 1.31 bits per heavy atom. The normalized spacial score (nSPS) is 28.9. The Balaban J connectivity index is 1.64. The van der Waals surface area contributed by atoms with Crippen molar-refractivity contribution in [1.29, 1.82) is 0 Å². The lowest BCUT2D eigenvalue weighted by molar-refractivity contribution is -0.122. The number of para-hydroxylation sites is 1. The number of imide groups is 1. The average molecular weight is 509 g/mol. The number of benzene rings is 3. The van der Waals surface area contributed by atoms with Crippen molar-refractivity contribution < 1.29 is 9.59 Å². The summed E-state index contributed by atoms with van der Waals surface area (Å²) in [6.07, 6.45) is 0. The van der Waals surface area contributed by atoms with Gasteiger partial charge in [0.25, 0.3) is 0 Å². The van der Waals surface area contributed by atoms with E-state index in [9.17, 15) is 9.59 Å². The molecule has 2 atom stereocenters. The molecule has 0 N–H and O–H groups in total. The van der Waals surface area contributed by atoms with Crippen LogP contribution in [-0.2, 0) is 13.9 Å². The van der Waals surface area contributed by atoms with Gasteiger partial charge in [-0.25, -0.2) is 4.90 Å². The van der Waals surface area contributed by atoms with Gasteiger partial charge in [0.15, 0.2) is 0 Å². The van der Waals surface area contributed by atoms with E-state index >= 15 is 0 Å². The van der Waals surface area contributed by atoms with Crippen molar-refractivity contribution in [2.24, 2.45) is 11.8 Å². The number of rotatable bonds is 1. The number of hydrogen-bond donors (Lipinski definition) is 0. The Morgan fingerprint density at radius 3 is 1.93 bits per heavy atom. The molecule has 7 rings (SSSR count). The Kier molecular flexibility index (Phi) is 3.58. The molecule has 142 valence electrons. The zero-order valence-corrected chi connectivity index (χ0v) is 18.4. The third-order valence-corrected chi connectivity index (χ3v) is 8.63. The van der Waals surface area contributed by atoms with E-state index in [1.54, 1.807) is 0 Å². The summed E-state index contributed by atoms with van der Waals surface area (Å²) in [6.45, 7) is 0. The standard InChI is InChI=1S/C24H15Br2NO2/c25-17-11-5-6-12-18(17)27-22(28)20-19-13-7-1-3-9-15(13)24(26,21(20)23(27)29)16-10-4-2-8-14(16)19/h1-12,19-21H. The minimum atomic E-state index is -0.706. The molecule has 0 saturated carbocycles. The highest BCUT2D eigenvalue weighted by molar-refractivity contribution is 9.10. The summed E-state index contributed by atoms with van der Waals surface area (Å²) < 4.78 is 0.0360. The van der Waals surface area contributed by atoms with Crippen LogP contribution < -0.4 is 4.90 Å². The topological polar surface area (TPSA) is 37.4 Å². The van der Waals surface area contributed by atoms with Crippen molar-refractivity contribution in [1.82, 2.24) is 0 Å². The third kappa shape index (κ3) is 2.02. The highest BCUT2D eigenvalue weighted by Crippen LogP contribution is 2.66. The molecule has 2 bridgehead atoms. The minimum Gasteiger partial charge on any atom is -0.274 e. The van der Waals surface area contributed by atoms with Gasteiger partial charge >= 0.3 is 0 Å². The van der Waals surface area contributed by atoms with Crippen LogP contribution in [0.3, 0.4) is 0 Å². The smallest absolute Gasteiger partial charge is 0.239 e. The molecule has 3 aromatic rings. The van der Waals surface area contributed by atoms with Crippen molar-refractivity contribution in [2.45, 2.75) is 10.2 Å². The molecule has 2 amide bonds. The van der Waals surface area contributed by atoms with Gasteiger partial charge in [0.2, 0.25) is 11.8 Å². The molecular weight excluding hydrogens is 494 g/mol. The number of alkyl halides is 1.